The molecule has 1 aliphatic heterocycles. The van der Waals surface area contributed by atoms with Crippen molar-refractivity contribution < 1.29 is 28.3 Å². The molecule has 1 aromatic carbocycles. The number of unbranched alkanes of at least 4 members (excludes halogenated alkanes) is 1. The second-order valence-electron chi connectivity index (χ2n) is 7.69. The second-order valence-corrected chi connectivity index (χ2v) is 7.69. The fourth-order valence-electron chi connectivity index (χ4n) is 3.76. The molecule has 166 valence electrons. The van der Waals surface area contributed by atoms with Crippen LogP contribution in [0.3, 0.4) is 0 Å². The molecule has 3 aromatic rings. The van der Waals surface area contributed by atoms with E-state index in [9.17, 15) is 14.7 Å². The fraction of sp³-hybridized carbons (Fsp3) is 0.280. The van der Waals surface area contributed by atoms with E-state index in [-0.39, 0.29) is 17.9 Å². The standard InChI is InChI=1S/C25H25NO6/c1-3-4-12-30-18-8-5-7-17(14-18)22-21(23(27)20-11-10-16(2)32-20)24(28)25(29)26(22)15-19-9-6-13-31-19/h5-11,13-14,22,28H,3-4,12,15H2,1-2H3/t22-/m0/s1. The summed E-state index contributed by atoms with van der Waals surface area (Å²) in [6, 6.07) is 13.1. The highest BCUT2D eigenvalue weighted by Gasteiger charge is 2.44. The molecular weight excluding hydrogens is 410 g/mol. The van der Waals surface area contributed by atoms with Crippen LogP contribution >= 0.6 is 0 Å². The number of benzene rings is 1. The molecule has 0 radical (unpaired) electrons. The van der Waals surface area contributed by atoms with Gasteiger partial charge in [-0.1, -0.05) is 25.5 Å². The number of ketones is 1. The van der Waals surface area contributed by atoms with Gasteiger partial charge in [-0.05, 0) is 55.3 Å². The molecule has 0 saturated carbocycles. The fourth-order valence-corrected chi connectivity index (χ4v) is 3.76. The van der Waals surface area contributed by atoms with Gasteiger partial charge in [-0.2, -0.15) is 0 Å². The van der Waals surface area contributed by atoms with Gasteiger partial charge in [-0.15, -0.1) is 0 Å². The highest BCUT2D eigenvalue weighted by Crippen LogP contribution is 2.41. The summed E-state index contributed by atoms with van der Waals surface area (Å²) in [5, 5.41) is 10.7. The van der Waals surface area contributed by atoms with Gasteiger partial charge in [0.05, 0.1) is 31.0 Å². The first-order valence-electron chi connectivity index (χ1n) is 10.6. The van der Waals surface area contributed by atoms with Crippen molar-refractivity contribution in [2.24, 2.45) is 0 Å². The Bertz CT molecular complexity index is 1140. The molecule has 7 nitrogen and oxygen atoms in total. The molecule has 0 unspecified atom stereocenters. The molecule has 0 saturated heterocycles. The largest absolute Gasteiger partial charge is 0.503 e. The Morgan fingerprint density at radius 2 is 2.03 bits per heavy atom. The molecule has 2 aromatic heterocycles. The summed E-state index contributed by atoms with van der Waals surface area (Å²) in [6.45, 7) is 4.47. The molecular formula is C25H25NO6. The zero-order valence-electron chi connectivity index (χ0n) is 18.0. The molecule has 1 aliphatic rings. The van der Waals surface area contributed by atoms with Gasteiger partial charge in [0.15, 0.2) is 11.5 Å². The molecule has 7 heteroatoms. The van der Waals surface area contributed by atoms with Crippen LogP contribution < -0.4 is 4.74 Å². The number of rotatable bonds is 9. The number of aliphatic hydroxyl groups is 1. The quantitative estimate of drug-likeness (QED) is 0.370. The van der Waals surface area contributed by atoms with Crippen LogP contribution in [-0.2, 0) is 11.3 Å². The van der Waals surface area contributed by atoms with Crippen molar-refractivity contribution in [1.29, 1.82) is 0 Å². The lowest BCUT2D eigenvalue weighted by Crippen LogP contribution is -2.30. The van der Waals surface area contributed by atoms with Gasteiger partial charge in [0, 0.05) is 0 Å². The molecule has 1 amide bonds. The Kier molecular flexibility index (Phi) is 6.16. The van der Waals surface area contributed by atoms with Crippen molar-refractivity contribution >= 4 is 11.7 Å². The Morgan fingerprint density at radius 1 is 1.19 bits per heavy atom. The number of hydrogen-bond acceptors (Lipinski definition) is 6. The third kappa shape index (κ3) is 4.19. The minimum atomic E-state index is -0.819. The Balaban J connectivity index is 1.74. The van der Waals surface area contributed by atoms with Crippen LogP contribution in [0.4, 0.5) is 0 Å². The van der Waals surface area contributed by atoms with Crippen molar-refractivity contribution in [3.8, 4) is 5.75 Å². The zero-order valence-corrected chi connectivity index (χ0v) is 18.0. The number of hydrogen-bond donors (Lipinski definition) is 1. The Hall–Kier alpha value is -3.74. The lowest BCUT2D eigenvalue weighted by atomic mass is 9.95. The highest BCUT2D eigenvalue weighted by atomic mass is 16.5. The summed E-state index contributed by atoms with van der Waals surface area (Å²) < 4.78 is 16.7. The van der Waals surface area contributed by atoms with Gasteiger partial charge >= 0.3 is 0 Å². The van der Waals surface area contributed by atoms with Gasteiger partial charge in [-0.25, -0.2) is 0 Å². The van der Waals surface area contributed by atoms with Crippen LogP contribution in [0.5, 0.6) is 5.75 Å². The predicted octanol–water partition coefficient (Wildman–Crippen LogP) is 5.14. The number of amides is 1. The first kappa shape index (κ1) is 21.5. The average molecular weight is 435 g/mol. The van der Waals surface area contributed by atoms with Crippen LogP contribution in [0, 0.1) is 6.92 Å². The third-order valence-corrected chi connectivity index (χ3v) is 5.36. The maximum atomic E-state index is 13.3. The number of carbonyl (C=O) groups excluding carboxylic acids is 2. The minimum Gasteiger partial charge on any atom is -0.503 e. The number of aryl methyl sites for hydroxylation is 1. The molecule has 0 bridgehead atoms. The van der Waals surface area contributed by atoms with Crippen LogP contribution in [0.1, 0.15) is 53.4 Å². The molecule has 32 heavy (non-hydrogen) atoms. The van der Waals surface area contributed by atoms with Crippen molar-refractivity contribution in [2.75, 3.05) is 6.61 Å². The van der Waals surface area contributed by atoms with Crippen molar-refractivity contribution in [1.82, 2.24) is 4.90 Å². The minimum absolute atomic E-state index is 0.0263. The van der Waals surface area contributed by atoms with Crippen LogP contribution in [0.15, 0.2) is 75.0 Å². The normalized spacial score (nSPS) is 16.1. The van der Waals surface area contributed by atoms with E-state index in [2.05, 4.69) is 6.92 Å². The Labute approximate surface area is 185 Å². The van der Waals surface area contributed by atoms with Gasteiger partial charge < -0.3 is 23.6 Å². The van der Waals surface area contributed by atoms with E-state index in [0.717, 1.165) is 12.8 Å². The van der Waals surface area contributed by atoms with E-state index < -0.39 is 23.5 Å². The number of carbonyl (C=O) groups is 2. The molecule has 3 heterocycles. The number of nitrogens with zero attached hydrogens (tertiary/aromatic N) is 1. The SMILES string of the molecule is CCCCOc1cccc([C@H]2C(C(=O)c3ccc(C)o3)=C(O)C(=O)N2Cc2ccco2)c1. The molecule has 0 fully saturated rings. The smallest absolute Gasteiger partial charge is 0.290 e. The third-order valence-electron chi connectivity index (χ3n) is 5.36. The van der Waals surface area contributed by atoms with Crippen LogP contribution in [0.25, 0.3) is 0 Å². The van der Waals surface area contributed by atoms with Gasteiger partial charge in [-0.3, -0.25) is 9.59 Å². The number of aliphatic hydroxyl groups excluding tert-OH is 1. The van der Waals surface area contributed by atoms with Crippen LogP contribution in [-0.4, -0.2) is 28.3 Å². The van der Waals surface area contributed by atoms with E-state index >= 15 is 0 Å². The lowest BCUT2D eigenvalue weighted by Gasteiger charge is -2.26. The first-order chi connectivity index (χ1) is 15.5. The average Bonchev–Trinajstić information content (AvgIpc) is 3.51. The predicted molar refractivity (Wildman–Crippen MR) is 116 cm³/mol. The second kappa shape index (κ2) is 9.18. The van der Waals surface area contributed by atoms with Gasteiger partial charge in [0.25, 0.3) is 5.91 Å². The monoisotopic (exact) mass is 435 g/mol. The van der Waals surface area contributed by atoms with E-state index in [1.54, 1.807) is 49.4 Å². The topological polar surface area (TPSA) is 93.1 Å². The van der Waals surface area contributed by atoms with Crippen molar-refractivity contribution in [2.45, 2.75) is 39.3 Å². The van der Waals surface area contributed by atoms with Gasteiger partial charge in [0.2, 0.25) is 5.78 Å². The van der Waals surface area contributed by atoms with E-state index in [1.165, 1.54) is 11.2 Å². The molecule has 0 aliphatic carbocycles. The summed E-state index contributed by atoms with van der Waals surface area (Å²) in [5.74, 6) is 0.0361. The summed E-state index contributed by atoms with van der Waals surface area (Å²) in [5.41, 5.74) is 0.621. The molecule has 1 N–H and O–H groups in total. The maximum Gasteiger partial charge on any atom is 0.290 e. The first-order valence-corrected chi connectivity index (χ1v) is 10.6. The highest BCUT2D eigenvalue weighted by molar-refractivity contribution is 6.15. The van der Waals surface area contributed by atoms with E-state index in [1.807, 2.05) is 6.07 Å². The van der Waals surface area contributed by atoms with Crippen LogP contribution in [0.2, 0.25) is 0 Å². The summed E-state index contributed by atoms with van der Waals surface area (Å²) >= 11 is 0. The number of ether oxygens (including phenoxy) is 1. The maximum absolute atomic E-state index is 13.3. The number of furan rings is 2. The molecule has 0 spiro atoms. The lowest BCUT2D eigenvalue weighted by molar-refractivity contribution is -0.130. The summed E-state index contributed by atoms with van der Waals surface area (Å²) in [6.07, 6.45) is 3.43. The van der Waals surface area contributed by atoms with Crippen molar-refractivity contribution in [3.05, 3.63) is 89.0 Å². The molecule has 1 atom stereocenters. The summed E-state index contributed by atoms with van der Waals surface area (Å²) in [4.78, 5) is 27.7. The number of Topliss-reactive ketones (excluding diaryl/α,β-unsaturated/α-hetero) is 1. The van der Waals surface area contributed by atoms with E-state index in [4.69, 9.17) is 13.6 Å². The Morgan fingerprint density at radius 3 is 2.72 bits per heavy atom. The zero-order chi connectivity index (χ0) is 22.7. The van der Waals surface area contributed by atoms with Crippen molar-refractivity contribution in [3.63, 3.8) is 0 Å². The van der Waals surface area contributed by atoms with E-state index in [0.29, 0.717) is 29.4 Å². The molecule has 4 rings (SSSR count). The summed E-state index contributed by atoms with van der Waals surface area (Å²) in [7, 11) is 0. The van der Waals surface area contributed by atoms with Gasteiger partial charge in [0.1, 0.15) is 17.3 Å².